The van der Waals surface area contributed by atoms with Crippen molar-refractivity contribution in [2.45, 2.75) is 45.4 Å². The van der Waals surface area contributed by atoms with Gasteiger partial charge < -0.3 is 9.97 Å². The molecule has 0 unspecified atom stereocenters. The minimum absolute atomic E-state index is 0. The van der Waals surface area contributed by atoms with Crippen LogP contribution in [0, 0.1) is 12.1 Å². The van der Waals surface area contributed by atoms with Crippen molar-refractivity contribution >= 4 is 32.3 Å². The third kappa shape index (κ3) is 5.85. The van der Waals surface area contributed by atoms with Crippen molar-refractivity contribution in [3.05, 3.63) is 169 Å². The molecule has 9 rings (SSSR count). The molecule has 0 N–H and O–H groups in total. The summed E-state index contributed by atoms with van der Waals surface area (Å²) in [5.74, 6) is 0. The van der Waals surface area contributed by atoms with Crippen molar-refractivity contribution in [3.63, 3.8) is 0 Å². The topological polar surface area (TPSA) is 25.8 Å². The molecule has 0 saturated carbocycles. The number of nitrogens with zero attached hydrogens (tertiary/aromatic N) is 2. The first-order chi connectivity index (χ1) is 23.7. The summed E-state index contributed by atoms with van der Waals surface area (Å²) in [6, 6.07) is 51.9. The molecule has 2 heterocycles. The summed E-state index contributed by atoms with van der Waals surface area (Å²) in [6.45, 7) is 11.3. The van der Waals surface area contributed by atoms with Crippen LogP contribution in [0.2, 0.25) is 0 Å². The van der Waals surface area contributed by atoms with Crippen LogP contribution in [0.3, 0.4) is 0 Å². The van der Waals surface area contributed by atoms with Crippen LogP contribution >= 0.6 is 0 Å². The largest absolute Gasteiger partial charge is 0.305 e. The van der Waals surface area contributed by atoms with E-state index < -0.39 is 0 Å². The molecule has 0 bridgehead atoms. The number of aromatic nitrogens is 2. The molecule has 6 aromatic carbocycles. The van der Waals surface area contributed by atoms with Crippen LogP contribution in [0.25, 0.3) is 66.0 Å². The number of hydrogen-bond acceptors (Lipinski definition) is 2. The Hall–Kier alpha value is -4.95. The zero-order valence-electron chi connectivity index (χ0n) is 29.0. The van der Waals surface area contributed by atoms with E-state index in [0.29, 0.717) is 0 Å². The van der Waals surface area contributed by atoms with E-state index in [1.807, 2.05) is 30.6 Å². The van der Waals surface area contributed by atoms with Gasteiger partial charge in [-0.15, -0.1) is 53.1 Å². The molecule has 2 nitrogen and oxygen atoms in total. The van der Waals surface area contributed by atoms with E-state index in [2.05, 4.69) is 166 Å². The van der Waals surface area contributed by atoms with Gasteiger partial charge in [-0.05, 0) is 61.6 Å². The second-order valence-corrected chi connectivity index (χ2v) is 14.5. The molecule has 1 aliphatic rings. The van der Waals surface area contributed by atoms with Crippen molar-refractivity contribution < 1.29 is 20.1 Å². The second-order valence-electron chi connectivity index (χ2n) is 14.5. The molecule has 2 aromatic heterocycles. The fraction of sp³-hybridized carbons (Fsp3) is 0.149. The van der Waals surface area contributed by atoms with Gasteiger partial charge in [-0.25, -0.2) is 0 Å². The van der Waals surface area contributed by atoms with E-state index in [1.54, 1.807) is 0 Å². The van der Waals surface area contributed by atoms with Gasteiger partial charge in [0.05, 0.1) is 0 Å². The molecule has 3 heteroatoms. The molecule has 0 spiro atoms. The Morgan fingerprint density at radius 2 is 1.08 bits per heavy atom. The van der Waals surface area contributed by atoms with Gasteiger partial charge in [0.15, 0.2) is 0 Å². The minimum Gasteiger partial charge on any atom is -0.305 e. The third-order valence-electron chi connectivity index (χ3n) is 10.0. The molecule has 50 heavy (non-hydrogen) atoms. The summed E-state index contributed by atoms with van der Waals surface area (Å²) in [4.78, 5) is 9.08. The summed E-state index contributed by atoms with van der Waals surface area (Å²) in [7, 11) is 0. The molecular formula is C47H38IrN2-2. The van der Waals surface area contributed by atoms with Crippen LogP contribution in [0.5, 0.6) is 0 Å². The molecule has 0 saturated heterocycles. The van der Waals surface area contributed by atoms with Crippen molar-refractivity contribution in [1.29, 1.82) is 0 Å². The van der Waals surface area contributed by atoms with E-state index in [9.17, 15) is 0 Å². The summed E-state index contributed by atoms with van der Waals surface area (Å²) in [6.07, 6.45) is 3.74. The van der Waals surface area contributed by atoms with E-state index in [1.165, 1.54) is 60.1 Å². The second kappa shape index (κ2) is 13.1. The number of benzene rings is 6. The summed E-state index contributed by atoms with van der Waals surface area (Å²) in [5.41, 5.74) is 10.9. The average Bonchev–Trinajstić information content (AvgIpc) is 3.37. The Bertz CT molecular complexity index is 2470. The number of fused-ring (bicyclic) bond motifs is 9. The first kappa shape index (κ1) is 33.5. The van der Waals surface area contributed by atoms with Gasteiger partial charge in [0, 0.05) is 32.5 Å². The smallest absolute Gasteiger partial charge is 0.0163 e. The standard InChI is InChI=1S/C24H24N.C23H14N.Ir/c1-23(2,3)17-12-13-25-22(15-17)16-10-11-19-18-8-6-7-9-20(18)24(4,5)21(19)14-16;1-2-9-19-17(7-1)18-8-3-4-10-20(18)22-15-16(12-13-21(19)22)23-11-5-6-14-24-23;/h6-9,11-15H,1-5H3;1-11,13-15H;/q2*-1;. The Balaban J connectivity index is 0.000000154. The van der Waals surface area contributed by atoms with Gasteiger partial charge in [-0.2, -0.15) is 0 Å². The van der Waals surface area contributed by atoms with Crippen molar-refractivity contribution in [1.82, 2.24) is 9.97 Å². The van der Waals surface area contributed by atoms with Crippen LogP contribution in [0.4, 0.5) is 0 Å². The third-order valence-corrected chi connectivity index (χ3v) is 10.0. The van der Waals surface area contributed by atoms with Crippen LogP contribution in [-0.2, 0) is 30.9 Å². The average molecular weight is 823 g/mol. The fourth-order valence-corrected chi connectivity index (χ4v) is 7.34. The van der Waals surface area contributed by atoms with Crippen LogP contribution < -0.4 is 0 Å². The van der Waals surface area contributed by atoms with E-state index >= 15 is 0 Å². The van der Waals surface area contributed by atoms with E-state index in [-0.39, 0.29) is 30.9 Å². The van der Waals surface area contributed by atoms with Gasteiger partial charge in [0.1, 0.15) is 0 Å². The normalized spacial score (nSPS) is 12.9. The predicted molar refractivity (Wildman–Crippen MR) is 206 cm³/mol. The van der Waals surface area contributed by atoms with E-state index in [4.69, 9.17) is 0 Å². The van der Waals surface area contributed by atoms with Gasteiger partial charge in [0.2, 0.25) is 0 Å². The first-order valence-corrected chi connectivity index (χ1v) is 17.0. The first-order valence-electron chi connectivity index (χ1n) is 17.0. The molecule has 0 fully saturated rings. The monoisotopic (exact) mass is 823 g/mol. The maximum atomic E-state index is 4.61. The summed E-state index contributed by atoms with van der Waals surface area (Å²) >= 11 is 0. The molecule has 247 valence electrons. The number of hydrogen-bond donors (Lipinski definition) is 0. The molecular weight excluding hydrogens is 785 g/mol. The van der Waals surface area contributed by atoms with Gasteiger partial charge >= 0.3 is 0 Å². The van der Waals surface area contributed by atoms with E-state index in [0.717, 1.165) is 22.5 Å². The maximum absolute atomic E-state index is 4.61. The Morgan fingerprint density at radius 1 is 0.500 bits per heavy atom. The van der Waals surface area contributed by atoms with Gasteiger partial charge in [-0.1, -0.05) is 153 Å². The zero-order chi connectivity index (χ0) is 33.8. The zero-order valence-corrected chi connectivity index (χ0v) is 31.4. The molecule has 0 amide bonds. The quantitative estimate of drug-likeness (QED) is 0.128. The van der Waals surface area contributed by atoms with Crippen molar-refractivity contribution in [3.8, 4) is 33.6 Å². The van der Waals surface area contributed by atoms with Crippen LogP contribution in [-0.4, -0.2) is 9.97 Å². The maximum Gasteiger partial charge on any atom is 0.0163 e. The Morgan fingerprint density at radius 3 is 1.76 bits per heavy atom. The van der Waals surface area contributed by atoms with Crippen molar-refractivity contribution in [2.75, 3.05) is 0 Å². The number of pyridine rings is 2. The molecule has 0 aliphatic heterocycles. The summed E-state index contributed by atoms with van der Waals surface area (Å²) in [5, 5.41) is 7.62. The fourth-order valence-electron chi connectivity index (χ4n) is 7.34. The van der Waals surface area contributed by atoms with Crippen molar-refractivity contribution in [2.24, 2.45) is 0 Å². The molecule has 8 aromatic rings. The number of rotatable bonds is 2. The summed E-state index contributed by atoms with van der Waals surface area (Å²) < 4.78 is 0. The molecule has 1 aliphatic carbocycles. The van der Waals surface area contributed by atoms with Crippen LogP contribution in [0.1, 0.15) is 51.3 Å². The molecule has 0 atom stereocenters. The SMILES string of the molecule is CC(C)(C)c1ccnc(-c2[c-]cc3c(c2)C(C)(C)c2ccccc2-3)c1.[Ir].[c-]1cc2c3ccccc3c3ccccc3c2cc1-c1ccccn1. The van der Waals surface area contributed by atoms with Gasteiger partial charge in [0.25, 0.3) is 0 Å². The van der Waals surface area contributed by atoms with Gasteiger partial charge in [-0.3, -0.25) is 0 Å². The molecule has 1 radical (unpaired) electrons. The minimum atomic E-state index is 0. The Labute approximate surface area is 308 Å². The Kier molecular flexibility index (Phi) is 8.76. The van der Waals surface area contributed by atoms with Crippen LogP contribution in [0.15, 0.2) is 140 Å². The predicted octanol–water partition coefficient (Wildman–Crippen LogP) is 12.2.